The van der Waals surface area contributed by atoms with Gasteiger partial charge in [-0.05, 0) is 35.0 Å². The van der Waals surface area contributed by atoms with Crippen LogP contribution in [0.5, 0.6) is 5.75 Å². The number of carbonyl (C=O) groups excluding carboxylic acids is 1. The number of anilines is 1. The predicted molar refractivity (Wildman–Crippen MR) is 55.5 cm³/mol. The summed E-state index contributed by atoms with van der Waals surface area (Å²) in [5.74, 6) is 1.21. The van der Waals surface area contributed by atoms with E-state index in [2.05, 4.69) is 20.9 Å². The first-order valence-electron chi connectivity index (χ1n) is 4.32. The molecular weight excluding hydrogens is 248 g/mol. The van der Waals surface area contributed by atoms with Crippen LogP contribution >= 0.6 is 15.9 Å². The Kier molecular flexibility index (Phi) is 2.41. The standard InChI is InChI=1S/C9H9BrN2O2/c1-2-12-8(13)5-14-6-3-4-7(10)11-9(6)12/h3-4H,2,5H2,1H3. The van der Waals surface area contributed by atoms with Crippen LogP contribution in [0.4, 0.5) is 5.82 Å². The van der Waals surface area contributed by atoms with Crippen LogP contribution in [-0.2, 0) is 4.79 Å². The van der Waals surface area contributed by atoms with E-state index in [1.807, 2.05) is 13.0 Å². The van der Waals surface area contributed by atoms with Crippen LogP contribution in [0, 0.1) is 0 Å². The number of likely N-dealkylation sites (N-methyl/N-ethyl adjacent to an activating group) is 1. The Hall–Kier alpha value is -1.10. The summed E-state index contributed by atoms with van der Waals surface area (Å²) in [5, 5.41) is 0. The zero-order chi connectivity index (χ0) is 10.1. The molecule has 0 atom stereocenters. The number of nitrogens with zero attached hydrogens (tertiary/aromatic N) is 2. The van der Waals surface area contributed by atoms with Crippen molar-refractivity contribution in [2.24, 2.45) is 0 Å². The van der Waals surface area contributed by atoms with Gasteiger partial charge >= 0.3 is 0 Å². The lowest BCUT2D eigenvalue weighted by Gasteiger charge is -2.26. The van der Waals surface area contributed by atoms with E-state index in [4.69, 9.17) is 4.74 Å². The summed E-state index contributed by atoms with van der Waals surface area (Å²) in [6.07, 6.45) is 0. The second-order valence-corrected chi connectivity index (χ2v) is 3.69. The van der Waals surface area contributed by atoms with Crippen molar-refractivity contribution in [2.75, 3.05) is 18.1 Å². The fourth-order valence-electron chi connectivity index (χ4n) is 1.38. The van der Waals surface area contributed by atoms with Gasteiger partial charge in [0.25, 0.3) is 5.91 Å². The summed E-state index contributed by atoms with van der Waals surface area (Å²) < 4.78 is 5.95. The molecule has 0 saturated carbocycles. The van der Waals surface area contributed by atoms with E-state index in [-0.39, 0.29) is 12.5 Å². The third-order valence-corrected chi connectivity index (χ3v) is 2.47. The van der Waals surface area contributed by atoms with Crippen LogP contribution in [0.1, 0.15) is 6.92 Å². The zero-order valence-corrected chi connectivity index (χ0v) is 9.24. The highest BCUT2D eigenvalue weighted by Crippen LogP contribution is 2.30. The fourth-order valence-corrected chi connectivity index (χ4v) is 1.68. The minimum atomic E-state index is -0.0504. The minimum Gasteiger partial charge on any atom is -0.480 e. The second-order valence-electron chi connectivity index (χ2n) is 2.88. The van der Waals surface area contributed by atoms with Crippen molar-refractivity contribution in [3.63, 3.8) is 0 Å². The van der Waals surface area contributed by atoms with Gasteiger partial charge in [0.2, 0.25) is 0 Å². The molecule has 1 aliphatic rings. The molecule has 0 spiro atoms. The van der Waals surface area contributed by atoms with Gasteiger partial charge in [-0.2, -0.15) is 0 Å². The van der Waals surface area contributed by atoms with Gasteiger partial charge in [-0.25, -0.2) is 4.98 Å². The number of rotatable bonds is 1. The number of aromatic nitrogens is 1. The first-order chi connectivity index (χ1) is 6.72. The van der Waals surface area contributed by atoms with Crippen molar-refractivity contribution in [1.29, 1.82) is 0 Å². The molecule has 1 aliphatic heterocycles. The molecule has 0 radical (unpaired) electrons. The van der Waals surface area contributed by atoms with Crippen LogP contribution in [0.15, 0.2) is 16.7 Å². The van der Waals surface area contributed by atoms with Crippen molar-refractivity contribution in [3.05, 3.63) is 16.7 Å². The molecule has 1 aromatic rings. The van der Waals surface area contributed by atoms with Gasteiger partial charge in [-0.15, -0.1) is 0 Å². The molecule has 14 heavy (non-hydrogen) atoms. The topological polar surface area (TPSA) is 42.4 Å². The van der Waals surface area contributed by atoms with Crippen LogP contribution in [-0.4, -0.2) is 24.0 Å². The first kappa shape index (κ1) is 9.45. The Bertz CT molecular complexity index is 381. The maximum absolute atomic E-state index is 11.4. The maximum atomic E-state index is 11.4. The highest BCUT2D eigenvalue weighted by molar-refractivity contribution is 9.10. The quantitative estimate of drug-likeness (QED) is 0.717. The molecule has 2 heterocycles. The number of amides is 1. The Labute approximate surface area is 90.0 Å². The Morgan fingerprint density at radius 2 is 2.43 bits per heavy atom. The van der Waals surface area contributed by atoms with Gasteiger partial charge < -0.3 is 4.74 Å². The fraction of sp³-hybridized carbons (Fsp3) is 0.333. The number of hydrogen-bond donors (Lipinski definition) is 0. The second kappa shape index (κ2) is 3.57. The normalized spacial score (nSPS) is 15.0. The third kappa shape index (κ3) is 1.48. The number of carbonyl (C=O) groups is 1. The third-order valence-electron chi connectivity index (χ3n) is 2.03. The van der Waals surface area contributed by atoms with Crippen molar-refractivity contribution in [3.8, 4) is 5.75 Å². The molecule has 0 aliphatic carbocycles. The molecule has 1 amide bonds. The monoisotopic (exact) mass is 256 g/mol. The van der Waals surface area contributed by atoms with Crippen molar-refractivity contribution < 1.29 is 9.53 Å². The van der Waals surface area contributed by atoms with E-state index >= 15 is 0 Å². The van der Waals surface area contributed by atoms with Crippen molar-refractivity contribution >= 4 is 27.7 Å². The molecule has 0 bridgehead atoms. The maximum Gasteiger partial charge on any atom is 0.266 e. The molecule has 2 rings (SSSR count). The number of hydrogen-bond acceptors (Lipinski definition) is 3. The molecule has 4 nitrogen and oxygen atoms in total. The summed E-state index contributed by atoms with van der Waals surface area (Å²) >= 11 is 3.26. The first-order valence-corrected chi connectivity index (χ1v) is 5.11. The highest BCUT2D eigenvalue weighted by atomic mass is 79.9. The van der Waals surface area contributed by atoms with E-state index in [9.17, 15) is 4.79 Å². The molecule has 1 aromatic heterocycles. The summed E-state index contributed by atoms with van der Waals surface area (Å²) in [7, 11) is 0. The highest BCUT2D eigenvalue weighted by Gasteiger charge is 2.25. The van der Waals surface area contributed by atoms with Gasteiger partial charge in [0.05, 0.1) is 0 Å². The van der Waals surface area contributed by atoms with Gasteiger partial charge in [0.1, 0.15) is 4.60 Å². The summed E-state index contributed by atoms with van der Waals surface area (Å²) in [4.78, 5) is 17.3. The zero-order valence-electron chi connectivity index (χ0n) is 7.66. The molecule has 0 aromatic carbocycles. The van der Waals surface area contributed by atoms with Crippen LogP contribution in [0.25, 0.3) is 0 Å². The van der Waals surface area contributed by atoms with Crippen LogP contribution < -0.4 is 9.64 Å². The Morgan fingerprint density at radius 1 is 1.64 bits per heavy atom. The molecule has 0 fully saturated rings. The minimum absolute atomic E-state index is 0.0504. The van der Waals surface area contributed by atoms with Gasteiger partial charge in [-0.3, -0.25) is 9.69 Å². The molecule has 0 saturated heterocycles. The number of ether oxygens (including phenoxy) is 1. The van der Waals surface area contributed by atoms with E-state index < -0.39 is 0 Å². The molecule has 5 heteroatoms. The van der Waals surface area contributed by atoms with Crippen LogP contribution in [0.3, 0.4) is 0 Å². The Balaban J connectivity index is 2.49. The lowest BCUT2D eigenvalue weighted by molar-refractivity contribution is -0.121. The molecular formula is C9H9BrN2O2. The smallest absolute Gasteiger partial charge is 0.266 e. The van der Waals surface area contributed by atoms with Crippen LogP contribution in [0.2, 0.25) is 0 Å². The number of pyridine rings is 1. The lowest BCUT2D eigenvalue weighted by Crippen LogP contribution is -2.39. The van der Waals surface area contributed by atoms with E-state index in [0.717, 1.165) is 0 Å². The van der Waals surface area contributed by atoms with E-state index in [1.54, 1.807) is 11.0 Å². The number of fused-ring (bicyclic) bond motifs is 1. The lowest BCUT2D eigenvalue weighted by atomic mass is 10.3. The average Bonchev–Trinajstić information content (AvgIpc) is 2.17. The predicted octanol–water partition coefficient (Wildman–Crippen LogP) is 1.59. The van der Waals surface area contributed by atoms with Gasteiger partial charge in [0, 0.05) is 6.54 Å². The van der Waals surface area contributed by atoms with Crippen molar-refractivity contribution in [2.45, 2.75) is 6.92 Å². The SMILES string of the molecule is CCN1C(=O)COc2ccc(Br)nc21. The van der Waals surface area contributed by atoms with Gasteiger partial charge in [0.15, 0.2) is 18.2 Å². The molecule has 74 valence electrons. The molecule has 0 unspecified atom stereocenters. The molecule has 0 N–H and O–H groups in total. The van der Waals surface area contributed by atoms with Gasteiger partial charge in [-0.1, -0.05) is 0 Å². The van der Waals surface area contributed by atoms with E-state index in [0.29, 0.717) is 22.7 Å². The number of halogens is 1. The van der Waals surface area contributed by atoms with E-state index in [1.165, 1.54) is 0 Å². The summed E-state index contributed by atoms with van der Waals surface area (Å²) in [6, 6.07) is 3.60. The largest absolute Gasteiger partial charge is 0.480 e. The summed E-state index contributed by atoms with van der Waals surface area (Å²) in [6.45, 7) is 2.62. The van der Waals surface area contributed by atoms with Crippen molar-refractivity contribution in [1.82, 2.24) is 4.98 Å². The average molecular weight is 257 g/mol. The Morgan fingerprint density at radius 3 is 3.14 bits per heavy atom. The summed E-state index contributed by atoms with van der Waals surface area (Å²) in [5.41, 5.74) is 0.